The van der Waals surface area contributed by atoms with E-state index in [4.69, 9.17) is 16.6 Å². The second-order valence-electron chi connectivity index (χ2n) is 7.43. The molecule has 31 heavy (non-hydrogen) atoms. The van der Waals surface area contributed by atoms with Crippen molar-refractivity contribution in [3.63, 3.8) is 0 Å². The predicted octanol–water partition coefficient (Wildman–Crippen LogP) is 5.11. The van der Waals surface area contributed by atoms with Crippen LogP contribution < -0.4 is 0 Å². The van der Waals surface area contributed by atoms with Crippen molar-refractivity contribution >= 4 is 23.4 Å². The first-order valence-corrected chi connectivity index (χ1v) is 10.6. The van der Waals surface area contributed by atoms with Gasteiger partial charge >= 0.3 is 0 Å². The molecule has 4 aromatic rings. The molecule has 158 valence electrons. The second kappa shape index (κ2) is 8.37. The molecule has 0 saturated carbocycles. The molecule has 3 heterocycles. The van der Waals surface area contributed by atoms with Gasteiger partial charge in [0.25, 0.3) is 0 Å². The van der Waals surface area contributed by atoms with Crippen LogP contribution in [0.3, 0.4) is 0 Å². The second-order valence-corrected chi connectivity index (χ2v) is 8.82. The fourth-order valence-corrected chi connectivity index (χ4v) is 3.95. The van der Waals surface area contributed by atoms with Crippen LogP contribution in [-0.4, -0.2) is 29.6 Å². The largest absolute Gasteiger partial charge is 0.384 e. The zero-order valence-corrected chi connectivity index (χ0v) is 18.6. The molecule has 0 radical (unpaired) electrons. The Bertz CT molecular complexity index is 1200. The fourth-order valence-electron chi connectivity index (χ4n) is 2.98. The van der Waals surface area contributed by atoms with E-state index < -0.39 is 5.60 Å². The molecule has 0 aliphatic rings. The molecule has 0 aliphatic heterocycles. The number of imidazole rings is 1. The Balaban J connectivity index is 1.82. The van der Waals surface area contributed by atoms with E-state index >= 15 is 0 Å². The SMILES string of the molecule is Cn1c(-c2ccc(F)cc2)nc(-c2ccc(C(C)(C)O)nc2)c1Sc1ncc(Cl)cn1. The molecule has 1 N–H and O–H groups in total. The van der Waals surface area contributed by atoms with Crippen molar-refractivity contribution < 1.29 is 9.50 Å². The Morgan fingerprint density at radius 1 is 0.968 bits per heavy atom. The van der Waals surface area contributed by atoms with Crippen molar-refractivity contribution in [1.29, 1.82) is 0 Å². The first-order chi connectivity index (χ1) is 14.7. The van der Waals surface area contributed by atoms with Crippen LogP contribution in [0.1, 0.15) is 19.5 Å². The minimum Gasteiger partial charge on any atom is -0.384 e. The zero-order valence-electron chi connectivity index (χ0n) is 17.0. The summed E-state index contributed by atoms with van der Waals surface area (Å²) in [5.41, 5.74) is 1.74. The highest BCUT2D eigenvalue weighted by molar-refractivity contribution is 7.99. The molecule has 1 aromatic carbocycles. The van der Waals surface area contributed by atoms with Gasteiger partial charge in [-0.1, -0.05) is 11.6 Å². The molecule has 0 fully saturated rings. The molecule has 0 amide bonds. The normalized spacial score (nSPS) is 11.7. The van der Waals surface area contributed by atoms with Crippen LogP contribution in [0, 0.1) is 5.82 Å². The molecule has 9 heteroatoms. The number of halogens is 2. The number of aromatic nitrogens is 5. The molecule has 0 spiro atoms. The molecule has 0 bridgehead atoms. The van der Waals surface area contributed by atoms with E-state index in [0.717, 1.165) is 16.2 Å². The Labute approximate surface area is 188 Å². The van der Waals surface area contributed by atoms with Crippen molar-refractivity contribution in [3.05, 3.63) is 71.5 Å². The van der Waals surface area contributed by atoms with Gasteiger partial charge in [-0.15, -0.1) is 0 Å². The van der Waals surface area contributed by atoms with Crippen molar-refractivity contribution in [3.8, 4) is 22.6 Å². The molecule has 4 rings (SSSR count). The van der Waals surface area contributed by atoms with Crippen LogP contribution >= 0.6 is 23.4 Å². The van der Waals surface area contributed by atoms with Gasteiger partial charge in [0, 0.05) is 24.4 Å². The standard InChI is InChI=1S/C22H19ClFN5OS/c1-22(2,30)17-9-6-14(10-25-17)18-20(31-21-26-11-15(23)12-27-21)29(3)19(28-18)13-4-7-16(24)8-5-13/h4-12,30H,1-3H3. The Kier molecular flexibility index (Phi) is 5.79. The number of rotatable bonds is 5. The number of hydrogen-bond acceptors (Lipinski definition) is 6. The van der Waals surface area contributed by atoms with Crippen molar-refractivity contribution in [2.45, 2.75) is 29.6 Å². The number of aliphatic hydroxyl groups is 1. The molecule has 6 nitrogen and oxygen atoms in total. The van der Waals surface area contributed by atoms with E-state index in [2.05, 4.69) is 15.0 Å². The lowest BCUT2D eigenvalue weighted by atomic mass is 10.0. The summed E-state index contributed by atoms with van der Waals surface area (Å²) in [5, 5.41) is 12.0. The van der Waals surface area contributed by atoms with Crippen molar-refractivity contribution in [2.75, 3.05) is 0 Å². The van der Waals surface area contributed by atoms with Crippen LogP contribution in [0.5, 0.6) is 0 Å². The maximum absolute atomic E-state index is 13.4. The number of nitrogens with zero attached hydrogens (tertiary/aromatic N) is 5. The summed E-state index contributed by atoms with van der Waals surface area (Å²) in [6, 6.07) is 9.81. The quantitative estimate of drug-likeness (QED) is 0.421. The smallest absolute Gasteiger partial charge is 0.193 e. The zero-order chi connectivity index (χ0) is 22.2. The number of hydrogen-bond donors (Lipinski definition) is 1. The maximum Gasteiger partial charge on any atom is 0.193 e. The van der Waals surface area contributed by atoms with Crippen LogP contribution in [0.4, 0.5) is 4.39 Å². The van der Waals surface area contributed by atoms with Gasteiger partial charge in [-0.05, 0) is 62.0 Å². The van der Waals surface area contributed by atoms with Gasteiger partial charge in [-0.3, -0.25) is 4.98 Å². The molecule has 0 aliphatic carbocycles. The highest BCUT2D eigenvalue weighted by Crippen LogP contribution is 2.37. The Morgan fingerprint density at radius 3 is 2.19 bits per heavy atom. The third kappa shape index (κ3) is 4.61. The minimum atomic E-state index is -1.04. The average Bonchev–Trinajstić information content (AvgIpc) is 3.06. The lowest BCUT2D eigenvalue weighted by molar-refractivity contribution is 0.0739. The summed E-state index contributed by atoms with van der Waals surface area (Å²) < 4.78 is 15.3. The Hall–Kier alpha value is -2.81. The van der Waals surface area contributed by atoms with Gasteiger partial charge in [0.2, 0.25) is 0 Å². The minimum absolute atomic E-state index is 0.311. The average molecular weight is 456 g/mol. The number of pyridine rings is 1. The van der Waals surface area contributed by atoms with Crippen LogP contribution in [-0.2, 0) is 12.6 Å². The van der Waals surface area contributed by atoms with Crippen LogP contribution in [0.25, 0.3) is 22.6 Å². The van der Waals surface area contributed by atoms with Gasteiger partial charge in [0.15, 0.2) is 5.16 Å². The van der Waals surface area contributed by atoms with Gasteiger partial charge in [0.1, 0.15) is 28.0 Å². The van der Waals surface area contributed by atoms with Gasteiger partial charge < -0.3 is 9.67 Å². The van der Waals surface area contributed by atoms with Crippen LogP contribution in [0.2, 0.25) is 5.02 Å². The molecule has 0 unspecified atom stereocenters. The van der Waals surface area contributed by atoms with E-state index in [-0.39, 0.29) is 5.82 Å². The Morgan fingerprint density at radius 2 is 1.61 bits per heavy atom. The molecular weight excluding hydrogens is 437 g/mol. The summed E-state index contributed by atoms with van der Waals surface area (Å²) in [7, 11) is 1.88. The summed E-state index contributed by atoms with van der Waals surface area (Å²) in [6.45, 7) is 3.36. The summed E-state index contributed by atoms with van der Waals surface area (Å²) >= 11 is 7.25. The highest BCUT2D eigenvalue weighted by atomic mass is 35.5. The van der Waals surface area contributed by atoms with Gasteiger partial charge in [0.05, 0.1) is 23.1 Å². The van der Waals surface area contributed by atoms with Crippen molar-refractivity contribution in [1.82, 2.24) is 24.5 Å². The fraction of sp³-hybridized carbons (Fsp3) is 0.182. The molecule has 3 aromatic heterocycles. The summed E-state index contributed by atoms with van der Waals surface area (Å²) in [5.74, 6) is 0.354. The highest BCUT2D eigenvalue weighted by Gasteiger charge is 2.22. The van der Waals surface area contributed by atoms with Gasteiger partial charge in [-0.2, -0.15) is 0 Å². The van der Waals surface area contributed by atoms with Crippen LogP contribution in [0.15, 0.2) is 65.2 Å². The summed E-state index contributed by atoms with van der Waals surface area (Å²) in [4.78, 5) is 17.8. The molecular formula is C22H19ClFN5OS. The first-order valence-electron chi connectivity index (χ1n) is 9.39. The number of benzene rings is 1. The first kappa shape index (κ1) is 21.4. The van der Waals surface area contributed by atoms with E-state index in [1.54, 1.807) is 38.2 Å². The van der Waals surface area contributed by atoms with E-state index in [0.29, 0.717) is 27.4 Å². The molecule has 0 atom stereocenters. The van der Waals surface area contributed by atoms with Gasteiger partial charge in [-0.25, -0.2) is 19.3 Å². The third-order valence-electron chi connectivity index (χ3n) is 4.59. The predicted molar refractivity (Wildman–Crippen MR) is 118 cm³/mol. The lowest BCUT2D eigenvalue weighted by Crippen LogP contribution is -2.17. The lowest BCUT2D eigenvalue weighted by Gasteiger charge is -2.16. The van der Waals surface area contributed by atoms with Crippen molar-refractivity contribution in [2.24, 2.45) is 7.05 Å². The maximum atomic E-state index is 13.4. The monoisotopic (exact) mass is 455 g/mol. The third-order valence-corrected chi connectivity index (χ3v) is 5.84. The van der Waals surface area contributed by atoms with E-state index in [9.17, 15) is 9.50 Å². The topological polar surface area (TPSA) is 76.7 Å². The van der Waals surface area contributed by atoms with E-state index in [1.165, 1.54) is 36.3 Å². The van der Waals surface area contributed by atoms with E-state index in [1.807, 2.05) is 17.7 Å². The summed E-state index contributed by atoms with van der Waals surface area (Å²) in [6.07, 6.45) is 4.75. The molecule has 0 saturated heterocycles.